The Hall–Kier alpha value is -2.63. The number of carbonyl (C=O) groups is 2. The molecule has 6 nitrogen and oxygen atoms in total. The van der Waals surface area contributed by atoms with E-state index in [9.17, 15) is 14.7 Å². The van der Waals surface area contributed by atoms with Gasteiger partial charge in [-0.2, -0.15) is 0 Å². The standard InChI is InChI=1S/C17H18N2O4/c1-8-6-9(2)13(7-12(8)17(21)22)19-15(20)14-10(3)18-16(23-14)11-4-5-11/h6-7,11H,4-5H2,1-3H3,(H,19,20)(H,21,22). The second kappa shape index (κ2) is 5.53. The quantitative estimate of drug-likeness (QED) is 0.902. The number of anilines is 1. The molecule has 0 unspecified atom stereocenters. The molecule has 1 aromatic carbocycles. The maximum atomic E-state index is 12.4. The number of nitrogens with zero attached hydrogens (tertiary/aromatic N) is 1. The summed E-state index contributed by atoms with van der Waals surface area (Å²) in [7, 11) is 0. The molecule has 1 amide bonds. The molecule has 6 heteroatoms. The van der Waals surface area contributed by atoms with Crippen LogP contribution in [0.3, 0.4) is 0 Å². The second-order valence-electron chi connectivity index (χ2n) is 5.98. The van der Waals surface area contributed by atoms with E-state index >= 15 is 0 Å². The Morgan fingerprint density at radius 1 is 1.22 bits per heavy atom. The largest absolute Gasteiger partial charge is 0.478 e. The maximum Gasteiger partial charge on any atom is 0.336 e. The van der Waals surface area contributed by atoms with Gasteiger partial charge >= 0.3 is 5.97 Å². The summed E-state index contributed by atoms with van der Waals surface area (Å²) in [4.78, 5) is 28.0. The molecule has 1 aliphatic rings. The van der Waals surface area contributed by atoms with Crippen molar-refractivity contribution in [3.05, 3.63) is 46.2 Å². The second-order valence-corrected chi connectivity index (χ2v) is 5.98. The highest BCUT2D eigenvalue weighted by Crippen LogP contribution is 2.40. The van der Waals surface area contributed by atoms with Crippen molar-refractivity contribution in [2.75, 3.05) is 5.32 Å². The number of nitrogens with one attached hydrogen (secondary N) is 1. The first-order valence-electron chi connectivity index (χ1n) is 7.50. The first-order chi connectivity index (χ1) is 10.9. The minimum atomic E-state index is -1.02. The zero-order valence-electron chi connectivity index (χ0n) is 13.3. The average Bonchev–Trinajstić information content (AvgIpc) is 3.24. The third kappa shape index (κ3) is 2.97. The van der Waals surface area contributed by atoms with Crippen molar-refractivity contribution >= 4 is 17.6 Å². The maximum absolute atomic E-state index is 12.4. The van der Waals surface area contributed by atoms with E-state index in [1.807, 2.05) is 6.92 Å². The molecule has 2 aromatic rings. The highest BCUT2D eigenvalue weighted by atomic mass is 16.4. The van der Waals surface area contributed by atoms with Crippen molar-refractivity contribution in [1.82, 2.24) is 4.98 Å². The van der Waals surface area contributed by atoms with Gasteiger partial charge in [-0.25, -0.2) is 9.78 Å². The van der Waals surface area contributed by atoms with Crippen LogP contribution in [0.25, 0.3) is 0 Å². The van der Waals surface area contributed by atoms with E-state index in [4.69, 9.17) is 4.42 Å². The van der Waals surface area contributed by atoms with Gasteiger partial charge in [-0.05, 0) is 50.8 Å². The summed E-state index contributed by atoms with van der Waals surface area (Å²) in [6.07, 6.45) is 2.08. The Balaban J connectivity index is 1.88. The Morgan fingerprint density at radius 3 is 2.52 bits per heavy atom. The molecule has 1 fully saturated rings. The van der Waals surface area contributed by atoms with Crippen molar-refractivity contribution < 1.29 is 19.1 Å². The summed E-state index contributed by atoms with van der Waals surface area (Å²) in [6, 6.07) is 3.21. The lowest BCUT2D eigenvalue weighted by Gasteiger charge is -2.10. The number of rotatable bonds is 4. The smallest absolute Gasteiger partial charge is 0.336 e. The molecule has 1 aliphatic carbocycles. The lowest BCUT2D eigenvalue weighted by molar-refractivity contribution is 0.0695. The van der Waals surface area contributed by atoms with Gasteiger partial charge < -0.3 is 14.8 Å². The molecule has 0 spiro atoms. The van der Waals surface area contributed by atoms with Crippen LogP contribution in [0.2, 0.25) is 0 Å². The van der Waals surface area contributed by atoms with Crippen LogP contribution >= 0.6 is 0 Å². The van der Waals surface area contributed by atoms with E-state index in [0.717, 1.165) is 18.4 Å². The normalized spacial score (nSPS) is 13.9. The van der Waals surface area contributed by atoms with E-state index in [1.54, 1.807) is 19.9 Å². The molecule has 1 heterocycles. The minimum Gasteiger partial charge on any atom is -0.478 e. The van der Waals surface area contributed by atoms with E-state index in [-0.39, 0.29) is 11.3 Å². The number of hydrogen-bond acceptors (Lipinski definition) is 4. The van der Waals surface area contributed by atoms with Gasteiger partial charge in [-0.1, -0.05) is 6.07 Å². The lowest BCUT2D eigenvalue weighted by atomic mass is 10.0. The van der Waals surface area contributed by atoms with Crippen LogP contribution in [0.15, 0.2) is 16.5 Å². The van der Waals surface area contributed by atoms with Gasteiger partial charge in [0.25, 0.3) is 5.91 Å². The summed E-state index contributed by atoms with van der Waals surface area (Å²) in [5, 5.41) is 11.9. The topological polar surface area (TPSA) is 92.4 Å². The Kier molecular flexibility index (Phi) is 3.67. The van der Waals surface area contributed by atoms with Gasteiger partial charge in [0, 0.05) is 11.6 Å². The molecule has 23 heavy (non-hydrogen) atoms. The van der Waals surface area contributed by atoms with Gasteiger partial charge in [0.05, 0.1) is 11.3 Å². The highest BCUT2D eigenvalue weighted by molar-refractivity contribution is 6.04. The number of aromatic nitrogens is 1. The Labute approximate surface area is 133 Å². The van der Waals surface area contributed by atoms with Crippen LogP contribution in [0.4, 0.5) is 5.69 Å². The fraction of sp³-hybridized carbons (Fsp3) is 0.353. The van der Waals surface area contributed by atoms with E-state index in [2.05, 4.69) is 10.3 Å². The molecular weight excluding hydrogens is 296 g/mol. The molecule has 0 atom stereocenters. The van der Waals surface area contributed by atoms with Gasteiger partial charge in [-0.3, -0.25) is 4.79 Å². The SMILES string of the molecule is Cc1cc(C)c(C(=O)O)cc1NC(=O)c1oc(C2CC2)nc1C. The van der Waals surface area contributed by atoms with Crippen molar-refractivity contribution in [3.8, 4) is 0 Å². The fourth-order valence-corrected chi connectivity index (χ4v) is 2.53. The van der Waals surface area contributed by atoms with Crippen LogP contribution in [0, 0.1) is 20.8 Å². The lowest BCUT2D eigenvalue weighted by Crippen LogP contribution is -2.14. The number of carboxylic acid groups (broad SMARTS) is 1. The van der Waals surface area contributed by atoms with E-state index in [0.29, 0.717) is 28.8 Å². The fourth-order valence-electron chi connectivity index (χ4n) is 2.53. The van der Waals surface area contributed by atoms with Crippen LogP contribution < -0.4 is 5.32 Å². The van der Waals surface area contributed by atoms with Gasteiger partial charge in [0.2, 0.25) is 5.76 Å². The van der Waals surface area contributed by atoms with E-state index < -0.39 is 11.9 Å². The molecule has 0 radical (unpaired) electrons. The molecule has 3 rings (SSSR count). The zero-order valence-corrected chi connectivity index (χ0v) is 13.3. The third-order valence-corrected chi connectivity index (χ3v) is 4.00. The molecule has 1 aromatic heterocycles. The molecular formula is C17H18N2O4. The number of aromatic carboxylic acids is 1. The molecule has 0 saturated heterocycles. The van der Waals surface area contributed by atoms with E-state index in [1.165, 1.54) is 6.07 Å². The van der Waals surface area contributed by atoms with Crippen LogP contribution in [-0.4, -0.2) is 22.0 Å². The van der Waals surface area contributed by atoms with Crippen LogP contribution in [-0.2, 0) is 0 Å². The third-order valence-electron chi connectivity index (χ3n) is 4.00. The number of oxazole rings is 1. The molecule has 2 N–H and O–H groups in total. The predicted molar refractivity (Wildman–Crippen MR) is 84.0 cm³/mol. The van der Waals surface area contributed by atoms with Crippen molar-refractivity contribution in [2.24, 2.45) is 0 Å². The predicted octanol–water partition coefficient (Wildman–Crippen LogP) is 3.43. The summed E-state index contributed by atoms with van der Waals surface area (Å²) in [5.74, 6) is -0.312. The average molecular weight is 314 g/mol. The summed E-state index contributed by atoms with van der Waals surface area (Å²) < 4.78 is 5.57. The number of aryl methyl sites for hydroxylation is 3. The summed E-state index contributed by atoms with van der Waals surface area (Å²) in [5.41, 5.74) is 2.62. The van der Waals surface area contributed by atoms with Crippen molar-refractivity contribution in [1.29, 1.82) is 0 Å². The molecule has 120 valence electrons. The summed E-state index contributed by atoms with van der Waals surface area (Å²) >= 11 is 0. The number of carboxylic acids is 1. The first kappa shape index (κ1) is 15.3. The monoisotopic (exact) mass is 314 g/mol. The van der Waals surface area contributed by atoms with Crippen molar-refractivity contribution in [3.63, 3.8) is 0 Å². The van der Waals surface area contributed by atoms with Crippen LogP contribution in [0.5, 0.6) is 0 Å². The number of amides is 1. The number of carbonyl (C=O) groups excluding carboxylic acids is 1. The van der Waals surface area contributed by atoms with Crippen LogP contribution in [0.1, 0.15) is 62.4 Å². The Morgan fingerprint density at radius 2 is 1.91 bits per heavy atom. The Bertz CT molecular complexity index is 803. The zero-order chi connectivity index (χ0) is 16.7. The van der Waals surface area contributed by atoms with Gasteiger partial charge in [0.15, 0.2) is 5.89 Å². The van der Waals surface area contributed by atoms with Gasteiger partial charge in [0.1, 0.15) is 0 Å². The molecule has 0 aliphatic heterocycles. The number of hydrogen-bond donors (Lipinski definition) is 2. The van der Waals surface area contributed by atoms with Crippen molar-refractivity contribution in [2.45, 2.75) is 39.5 Å². The highest BCUT2D eigenvalue weighted by Gasteiger charge is 2.31. The molecule has 0 bridgehead atoms. The summed E-state index contributed by atoms with van der Waals surface area (Å²) in [6.45, 7) is 5.27. The number of benzene rings is 1. The minimum absolute atomic E-state index is 0.166. The molecule has 1 saturated carbocycles. The first-order valence-corrected chi connectivity index (χ1v) is 7.50. The van der Waals surface area contributed by atoms with Gasteiger partial charge in [-0.15, -0.1) is 0 Å².